The summed E-state index contributed by atoms with van der Waals surface area (Å²) in [5.74, 6) is -0.338. The van der Waals surface area contributed by atoms with Crippen molar-refractivity contribution in [1.82, 2.24) is 4.90 Å². The van der Waals surface area contributed by atoms with Crippen molar-refractivity contribution in [3.8, 4) is 0 Å². The standard InChI is InChI=1S/C13H19N3O4/c1-3-15(8-9-17)10(2)13(18)14-11-6-4-5-7-12(11)16(19)20/h4-7,10,17H,3,8-9H2,1-2H3,(H,14,18). The monoisotopic (exact) mass is 281 g/mol. The molecule has 7 heteroatoms. The fraction of sp³-hybridized carbons (Fsp3) is 0.462. The molecule has 0 aromatic heterocycles. The van der Waals surface area contributed by atoms with Gasteiger partial charge in [-0.25, -0.2) is 0 Å². The fourth-order valence-electron chi connectivity index (χ4n) is 1.90. The average molecular weight is 281 g/mol. The molecule has 0 saturated carbocycles. The Hall–Kier alpha value is -1.99. The van der Waals surface area contributed by atoms with E-state index in [1.807, 2.05) is 6.92 Å². The molecule has 0 aliphatic rings. The van der Waals surface area contributed by atoms with Gasteiger partial charge in [0.2, 0.25) is 5.91 Å². The van der Waals surface area contributed by atoms with Gasteiger partial charge in [0.05, 0.1) is 17.6 Å². The van der Waals surface area contributed by atoms with Gasteiger partial charge in [0.25, 0.3) is 5.69 Å². The Morgan fingerprint density at radius 1 is 1.50 bits per heavy atom. The number of nitrogens with zero attached hydrogens (tertiary/aromatic N) is 2. The molecule has 2 N–H and O–H groups in total. The van der Waals surface area contributed by atoms with Crippen LogP contribution in [-0.4, -0.2) is 46.6 Å². The van der Waals surface area contributed by atoms with Crippen molar-refractivity contribution in [2.75, 3.05) is 25.0 Å². The van der Waals surface area contributed by atoms with Crippen LogP contribution in [0.2, 0.25) is 0 Å². The maximum absolute atomic E-state index is 12.1. The van der Waals surface area contributed by atoms with E-state index in [0.717, 1.165) is 0 Å². The fourth-order valence-corrected chi connectivity index (χ4v) is 1.90. The van der Waals surface area contributed by atoms with E-state index in [-0.39, 0.29) is 23.9 Å². The maximum atomic E-state index is 12.1. The molecule has 1 rings (SSSR count). The zero-order valence-corrected chi connectivity index (χ0v) is 11.6. The number of benzene rings is 1. The van der Waals surface area contributed by atoms with Gasteiger partial charge >= 0.3 is 0 Å². The highest BCUT2D eigenvalue weighted by molar-refractivity contribution is 5.96. The van der Waals surface area contributed by atoms with Crippen LogP contribution in [0, 0.1) is 10.1 Å². The third-order valence-corrected chi connectivity index (χ3v) is 3.08. The van der Waals surface area contributed by atoms with Crippen molar-refractivity contribution < 1.29 is 14.8 Å². The number of aliphatic hydroxyl groups excluding tert-OH is 1. The predicted molar refractivity (Wildman–Crippen MR) is 75.5 cm³/mol. The van der Waals surface area contributed by atoms with E-state index in [0.29, 0.717) is 13.1 Å². The minimum absolute atomic E-state index is 0.0447. The van der Waals surface area contributed by atoms with E-state index in [1.54, 1.807) is 24.0 Å². The number of para-hydroxylation sites is 2. The minimum Gasteiger partial charge on any atom is -0.395 e. The second kappa shape index (κ2) is 7.56. The van der Waals surface area contributed by atoms with Gasteiger partial charge in [-0.15, -0.1) is 0 Å². The maximum Gasteiger partial charge on any atom is 0.292 e. The topological polar surface area (TPSA) is 95.7 Å². The molecule has 1 amide bonds. The van der Waals surface area contributed by atoms with E-state index in [2.05, 4.69) is 5.32 Å². The van der Waals surface area contributed by atoms with Gasteiger partial charge in [0, 0.05) is 12.6 Å². The zero-order valence-electron chi connectivity index (χ0n) is 11.6. The molecule has 0 radical (unpaired) electrons. The lowest BCUT2D eigenvalue weighted by Gasteiger charge is -2.25. The molecule has 1 aromatic carbocycles. The normalized spacial score (nSPS) is 12.2. The minimum atomic E-state index is -0.536. The number of amides is 1. The van der Waals surface area contributed by atoms with Crippen molar-refractivity contribution in [1.29, 1.82) is 0 Å². The first-order valence-corrected chi connectivity index (χ1v) is 6.40. The summed E-state index contributed by atoms with van der Waals surface area (Å²) in [6.45, 7) is 4.51. The van der Waals surface area contributed by atoms with Crippen molar-refractivity contribution >= 4 is 17.3 Å². The number of carbonyl (C=O) groups excluding carboxylic acids is 1. The summed E-state index contributed by atoms with van der Waals surface area (Å²) in [5, 5.41) is 22.4. The number of rotatable bonds is 7. The van der Waals surface area contributed by atoms with Crippen LogP contribution in [0.1, 0.15) is 13.8 Å². The molecule has 1 unspecified atom stereocenters. The van der Waals surface area contributed by atoms with Gasteiger partial charge < -0.3 is 10.4 Å². The van der Waals surface area contributed by atoms with Crippen LogP contribution in [0.15, 0.2) is 24.3 Å². The lowest BCUT2D eigenvalue weighted by molar-refractivity contribution is -0.383. The Morgan fingerprint density at radius 3 is 2.70 bits per heavy atom. The van der Waals surface area contributed by atoms with Crippen LogP contribution >= 0.6 is 0 Å². The molecule has 0 bridgehead atoms. The molecule has 7 nitrogen and oxygen atoms in total. The van der Waals surface area contributed by atoms with E-state index in [4.69, 9.17) is 5.11 Å². The van der Waals surface area contributed by atoms with Crippen molar-refractivity contribution in [2.24, 2.45) is 0 Å². The van der Waals surface area contributed by atoms with E-state index >= 15 is 0 Å². The van der Waals surface area contributed by atoms with Crippen LogP contribution in [0.3, 0.4) is 0 Å². The Labute approximate surface area is 117 Å². The van der Waals surface area contributed by atoms with Gasteiger partial charge in [-0.1, -0.05) is 19.1 Å². The largest absolute Gasteiger partial charge is 0.395 e. The first-order chi connectivity index (χ1) is 9.51. The number of carbonyl (C=O) groups is 1. The molecule has 0 aliphatic heterocycles. The highest BCUT2D eigenvalue weighted by Crippen LogP contribution is 2.23. The van der Waals surface area contributed by atoms with Crippen LogP contribution in [0.25, 0.3) is 0 Å². The van der Waals surface area contributed by atoms with Gasteiger partial charge in [-0.05, 0) is 19.5 Å². The second-order valence-corrected chi connectivity index (χ2v) is 4.29. The summed E-state index contributed by atoms with van der Waals surface area (Å²) in [6, 6.07) is 5.52. The summed E-state index contributed by atoms with van der Waals surface area (Å²) in [5.41, 5.74) is 0.0349. The van der Waals surface area contributed by atoms with Crippen LogP contribution < -0.4 is 5.32 Å². The third kappa shape index (κ3) is 4.01. The lowest BCUT2D eigenvalue weighted by atomic mass is 10.2. The van der Waals surface area contributed by atoms with Crippen molar-refractivity contribution in [2.45, 2.75) is 19.9 Å². The average Bonchev–Trinajstić information content (AvgIpc) is 2.44. The van der Waals surface area contributed by atoms with Gasteiger partial charge in [-0.2, -0.15) is 0 Å². The zero-order chi connectivity index (χ0) is 15.1. The Bertz CT molecular complexity index is 478. The smallest absolute Gasteiger partial charge is 0.292 e. The Balaban J connectivity index is 2.82. The van der Waals surface area contributed by atoms with Crippen molar-refractivity contribution in [3.05, 3.63) is 34.4 Å². The number of anilines is 1. The third-order valence-electron chi connectivity index (χ3n) is 3.08. The molecule has 0 heterocycles. The molecule has 1 aromatic rings. The molecule has 0 fully saturated rings. The molecular formula is C13H19N3O4. The molecule has 110 valence electrons. The number of nitro benzene ring substituents is 1. The quantitative estimate of drug-likeness (QED) is 0.579. The van der Waals surface area contributed by atoms with Gasteiger partial charge in [0.1, 0.15) is 5.69 Å². The number of nitrogens with one attached hydrogen (secondary N) is 1. The highest BCUT2D eigenvalue weighted by Gasteiger charge is 2.22. The van der Waals surface area contributed by atoms with Gasteiger partial charge in [-0.3, -0.25) is 19.8 Å². The summed E-state index contributed by atoms with van der Waals surface area (Å²) in [4.78, 5) is 24.2. The number of likely N-dealkylation sites (N-methyl/N-ethyl adjacent to an activating group) is 1. The summed E-state index contributed by atoms with van der Waals surface area (Å²) >= 11 is 0. The van der Waals surface area contributed by atoms with E-state index in [1.165, 1.54) is 12.1 Å². The molecule has 1 atom stereocenters. The first-order valence-electron chi connectivity index (χ1n) is 6.40. The number of aliphatic hydroxyl groups is 1. The summed E-state index contributed by atoms with van der Waals surface area (Å²) in [6.07, 6.45) is 0. The van der Waals surface area contributed by atoms with Crippen LogP contribution in [0.5, 0.6) is 0 Å². The first kappa shape index (κ1) is 16.1. The molecule has 20 heavy (non-hydrogen) atoms. The highest BCUT2D eigenvalue weighted by atomic mass is 16.6. The predicted octanol–water partition coefficient (Wildman–Crippen LogP) is 1.24. The number of hydrogen-bond donors (Lipinski definition) is 2. The lowest BCUT2D eigenvalue weighted by Crippen LogP contribution is -2.43. The Kier molecular flexibility index (Phi) is 6.08. The van der Waals surface area contributed by atoms with Crippen molar-refractivity contribution in [3.63, 3.8) is 0 Å². The Morgan fingerprint density at radius 2 is 2.15 bits per heavy atom. The van der Waals surface area contributed by atoms with Gasteiger partial charge in [0.15, 0.2) is 0 Å². The summed E-state index contributed by atoms with van der Waals surface area (Å²) in [7, 11) is 0. The molecule has 0 saturated heterocycles. The SMILES string of the molecule is CCN(CCO)C(C)C(=O)Nc1ccccc1[N+](=O)[O-]. The molecule has 0 spiro atoms. The summed E-state index contributed by atoms with van der Waals surface area (Å²) < 4.78 is 0. The second-order valence-electron chi connectivity index (χ2n) is 4.29. The van der Waals surface area contributed by atoms with Crippen LogP contribution in [-0.2, 0) is 4.79 Å². The molecule has 0 aliphatic carbocycles. The number of nitro groups is 1. The van der Waals surface area contributed by atoms with Crippen LogP contribution in [0.4, 0.5) is 11.4 Å². The number of hydrogen-bond acceptors (Lipinski definition) is 5. The van der Waals surface area contributed by atoms with E-state index in [9.17, 15) is 14.9 Å². The molecular weight excluding hydrogens is 262 g/mol. The van der Waals surface area contributed by atoms with E-state index < -0.39 is 11.0 Å².